The number of hydrogen-bond donors (Lipinski definition) is 1. The molecule has 5 nitrogen and oxygen atoms in total. The molecule has 0 spiro atoms. The summed E-state index contributed by atoms with van der Waals surface area (Å²) < 4.78 is 15.3. The van der Waals surface area contributed by atoms with Crippen LogP contribution in [-0.4, -0.2) is 20.4 Å². The molecule has 2 aromatic carbocycles. The van der Waals surface area contributed by atoms with Crippen molar-refractivity contribution < 1.29 is 9.18 Å². The highest BCUT2D eigenvalue weighted by Crippen LogP contribution is 2.37. The Labute approximate surface area is 167 Å². The summed E-state index contributed by atoms with van der Waals surface area (Å²) in [6, 6.07) is 16.1. The Morgan fingerprint density at radius 1 is 1.10 bits per heavy atom. The molecule has 0 saturated heterocycles. The van der Waals surface area contributed by atoms with Crippen molar-refractivity contribution >= 4 is 23.1 Å². The van der Waals surface area contributed by atoms with Gasteiger partial charge in [0.05, 0.1) is 0 Å². The number of aromatic nitrogens is 3. The summed E-state index contributed by atoms with van der Waals surface area (Å²) in [6.45, 7) is 3.92. The summed E-state index contributed by atoms with van der Waals surface area (Å²) in [5.41, 5.74) is 4.63. The molecule has 1 aliphatic rings. The van der Waals surface area contributed by atoms with Crippen LogP contribution < -0.4 is 5.32 Å². The first kappa shape index (κ1) is 17.6. The van der Waals surface area contributed by atoms with Crippen LogP contribution in [0.25, 0.3) is 16.8 Å². The van der Waals surface area contributed by atoms with Gasteiger partial charge in [-0.1, -0.05) is 18.2 Å². The summed E-state index contributed by atoms with van der Waals surface area (Å²) >= 11 is 0. The largest absolute Gasteiger partial charge is 0.323 e. The molecule has 0 fully saturated rings. The standard InChI is InChI=1S/C23H19FN4O/c1-23(2)19-13-17(9-8-15(19)12-20(23)29)25-22-26-21-18(7-4-10-28(21)27-22)14-5-3-6-16(24)11-14/h3-11,13H,12H2,1-2H3,(H,25,27). The fraction of sp³-hybridized carbons (Fsp3) is 0.174. The lowest BCUT2D eigenvalue weighted by molar-refractivity contribution is -0.121. The van der Waals surface area contributed by atoms with Crippen LogP contribution in [0.1, 0.15) is 25.0 Å². The van der Waals surface area contributed by atoms with Gasteiger partial charge >= 0.3 is 0 Å². The molecule has 5 rings (SSSR count). The second kappa shape index (κ2) is 6.24. The minimum Gasteiger partial charge on any atom is -0.323 e. The Hall–Kier alpha value is -3.54. The summed E-state index contributed by atoms with van der Waals surface area (Å²) in [4.78, 5) is 16.9. The first-order valence-corrected chi connectivity index (χ1v) is 9.47. The fourth-order valence-corrected chi connectivity index (χ4v) is 3.90. The third kappa shape index (κ3) is 2.88. The van der Waals surface area contributed by atoms with Crippen LogP contribution >= 0.6 is 0 Å². The first-order valence-electron chi connectivity index (χ1n) is 9.47. The van der Waals surface area contributed by atoms with Gasteiger partial charge in [0.1, 0.15) is 11.6 Å². The van der Waals surface area contributed by atoms with Gasteiger partial charge in [-0.3, -0.25) is 4.79 Å². The van der Waals surface area contributed by atoms with Gasteiger partial charge in [0.2, 0.25) is 5.95 Å². The monoisotopic (exact) mass is 386 g/mol. The van der Waals surface area contributed by atoms with Crippen LogP contribution in [0.3, 0.4) is 0 Å². The number of carbonyl (C=O) groups excluding carboxylic acids is 1. The molecule has 6 heteroatoms. The number of nitrogens with one attached hydrogen (secondary N) is 1. The van der Waals surface area contributed by atoms with Gasteiger partial charge in [0, 0.05) is 29.3 Å². The van der Waals surface area contributed by atoms with Gasteiger partial charge in [-0.05, 0) is 66.9 Å². The number of ketones is 1. The quantitative estimate of drug-likeness (QED) is 0.555. The molecule has 1 N–H and O–H groups in total. The number of rotatable bonds is 3. The second-order valence-electron chi connectivity index (χ2n) is 7.86. The Kier molecular flexibility index (Phi) is 3.77. The Morgan fingerprint density at radius 2 is 1.97 bits per heavy atom. The van der Waals surface area contributed by atoms with E-state index in [9.17, 15) is 9.18 Å². The van der Waals surface area contributed by atoms with E-state index in [0.29, 0.717) is 18.0 Å². The lowest BCUT2D eigenvalue weighted by Gasteiger charge is -2.17. The normalized spacial score (nSPS) is 14.9. The van der Waals surface area contributed by atoms with Crippen molar-refractivity contribution in [3.05, 3.63) is 77.7 Å². The number of benzene rings is 2. The van der Waals surface area contributed by atoms with E-state index in [1.165, 1.54) is 12.1 Å². The Balaban J connectivity index is 1.52. The van der Waals surface area contributed by atoms with E-state index >= 15 is 0 Å². The molecule has 0 saturated carbocycles. The van der Waals surface area contributed by atoms with Crippen molar-refractivity contribution in [2.24, 2.45) is 0 Å². The molecule has 0 radical (unpaired) electrons. The van der Waals surface area contributed by atoms with Crippen LogP contribution in [0.5, 0.6) is 0 Å². The minimum atomic E-state index is -0.482. The van der Waals surface area contributed by atoms with E-state index in [1.807, 2.05) is 50.2 Å². The van der Waals surface area contributed by atoms with Crippen LogP contribution in [0.15, 0.2) is 60.8 Å². The van der Waals surface area contributed by atoms with Gasteiger partial charge in [0.25, 0.3) is 0 Å². The highest BCUT2D eigenvalue weighted by atomic mass is 19.1. The summed E-state index contributed by atoms with van der Waals surface area (Å²) in [5.74, 6) is 0.379. The maximum absolute atomic E-state index is 13.7. The maximum Gasteiger partial charge on any atom is 0.247 e. The Bertz CT molecular complexity index is 1280. The van der Waals surface area contributed by atoms with E-state index in [4.69, 9.17) is 0 Å². The molecule has 1 aliphatic carbocycles. The highest BCUT2D eigenvalue weighted by Gasteiger charge is 2.37. The van der Waals surface area contributed by atoms with Gasteiger partial charge < -0.3 is 5.32 Å². The zero-order valence-corrected chi connectivity index (χ0v) is 16.1. The molecule has 2 aromatic heterocycles. The van der Waals surface area contributed by atoms with Crippen molar-refractivity contribution in [2.45, 2.75) is 25.7 Å². The summed E-state index contributed by atoms with van der Waals surface area (Å²) in [7, 11) is 0. The van der Waals surface area contributed by atoms with E-state index in [2.05, 4.69) is 15.4 Å². The lowest BCUT2D eigenvalue weighted by atomic mass is 9.85. The van der Waals surface area contributed by atoms with Gasteiger partial charge in [-0.15, -0.1) is 5.10 Å². The number of fused-ring (bicyclic) bond motifs is 2. The van der Waals surface area contributed by atoms with Crippen LogP contribution in [0.4, 0.5) is 16.0 Å². The van der Waals surface area contributed by atoms with E-state index in [1.54, 1.807) is 16.8 Å². The van der Waals surface area contributed by atoms with Gasteiger partial charge in [0.15, 0.2) is 5.65 Å². The highest BCUT2D eigenvalue weighted by molar-refractivity contribution is 5.96. The number of pyridine rings is 1. The van der Waals surface area contributed by atoms with Crippen LogP contribution in [0, 0.1) is 5.82 Å². The zero-order valence-electron chi connectivity index (χ0n) is 16.1. The SMILES string of the molecule is CC1(C)C(=O)Cc2ccc(Nc3nc4c(-c5cccc(F)c5)cccn4n3)cc21. The third-order valence-corrected chi connectivity index (χ3v) is 5.59. The number of anilines is 2. The number of nitrogens with zero attached hydrogens (tertiary/aromatic N) is 3. The Morgan fingerprint density at radius 3 is 2.79 bits per heavy atom. The molecule has 2 heterocycles. The average Bonchev–Trinajstić information content (AvgIpc) is 3.20. The van der Waals surface area contributed by atoms with Crippen molar-refractivity contribution in [2.75, 3.05) is 5.32 Å². The summed E-state index contributed by atoms with van der Waals surface area (Å²) in [6.07, 6.45) is 2.28. The van der Waals surface area contributed by atoms with Crippen molar-refractivity contribution in [3.8, 4) is 11.1 Å². The molecule has 0 unspecified atom stereocenters. The molecule has 0 atom stereocenters. The smallest absolute Gasteiger partial charge is 0.247 e. The van der Waals surface area contributed by atoms with Gasteiger partial charge in [-0.25, -0.2) is 8.91 Å². The van der Waals surface area contributed by atoms with E-state index in [0.717, 1.165) is 27.9 Å². The molecule has 29 heavy (non-hydrogen) atoms. The van der Waals surface area contributed by atoms with E-state index in [-0.39, 0.29) is 11.6 Å². The van der Waals surface area contributed by atoms with Crippen molar-refractivity contribution in [3.63, 3.8) is 0 Å². The predicted molar refractivity (Wildman–Crippen MR) is 110 cm³/mol. The molecule has 0 amide bonds. The zero-order chi connectivity index (χ0) is 20.2. The number of Topliss-reactive ketones (excluding diaryl/α,β-unsaturated/α-hetero) is 1. The van der Waals surface area contributed by atoms with Gasteiger partial charge in [-0.2, -0.15) is 4.98 Å². The second-order valence-corrected chi connectivity index (χ2v) is 7.86. The molecular formula is C23H19FN4O. The molecule has 0 bridgehead atoms. The van der Waals surface area contributed by atoms with E-state index < -0.39 is 5.41 Å². The third-order valence-electron chi connectivity index (χ3n) is 5.59. The molecule has 144 valence electrons. The fourth-order valence-electron chi connectivity index (χ4n) is 3.90. The average molecular weight is 386 g/mol. The predicted octanol–water partition coefficient (Wildman–Crippen LogP) is 4.68. The number of halogens is 1. The van der Waals surface area contributed by atoms with Crippen LogP contribution in [0.2, 0.25) is 0 Å². The topological polar surface area (TPSA) is 59.3 Å². The minimum absolute atomic E-state index is 0.232. The molecule has 4 aromatic rings. The maximum atomic E-state index is 13.7. The molecule has 0 aliphatic heterocycles. The first-order chi connectivity index (χ1) is 13.9. The molecular weight excluding hydrogens is 367 g/mol. The van der Waals surface area contributed by atoms with Crippen molar-refractivity contribution in [1.82, 2.24) is 14.6 Å². The lowest BCUT2D eigenvalue weighted by Crippen LogP contribution is -2.23. The van der Waals surface area contributed by atoms with Crippen molar-refractivity contribution in [1.29, 1.82) is 0 Å². The van der Waals surface area contributed by atoms with Crippen LogP contribution in [-0.2, 0) is 16.6 Å². The number of carbonyl (C=O) groups is 1. The summed E-state index contributed by atoms with van der Waals surface area (Å²) in [5, 5.41) is 7.73. The number of hydrogen-bond acceptors (Lipinski definition) is 4.